The van der Waals surface area contributed by atoms with Crippen LogP contribution in [0.3, 0.4) is 0 Å². The Morgan fingerprint density at radius 3 is 2.50 bits per heavy atom. The molecule has 1 aliphatic heterocycles. The summed E-state index contributed by atoms with van der Waals surface area (Å²) in [6.07, 6.45) is 3.69. The van der Waals surface area contributed by atoms with Gasteiger partial charge in [0.1, 0.15) is 0 Å². The molecule has 0 radical (unpaired) electrons. The van der Waals surface area contributed by atoms with Crippen molar-refractivity contribution in [1.29, 1.82) is 0 Å². The molecule has 0 bridgehead atoms. The quantitative estimate of drug-likeness (QED) is 0.883. The van der Waals surface area contributed by atoms with Crippen molar-refractivity contribution in [3.05, 3.63) is 28.8 Å². The lowest BCUT2D eigenvalue weighted by molar-refractivity contribution is 0.199. The second kappa shape index (κ2) is 4.75. The Balaban J connectivity index is 1.79. The molecule has 0 aromatic heterocycles. The molecule has 2 fully saturated rings. The van der Waals surface area contributed by atoms with Crippen molar-refractivity contribution in [3.63, 3.8) is 0 Å². The predicted octanol–water partition coefficient (Wildman–Crippen LogP) is 3.63. The van der Waals surface area contributed by atoms with Crippen LogP contribution in [0.25, 0.3) is 0 Å². The van der Waals surface area contributed by atoms with Gasteiger partial charge in [0.25, 0.3) is 0 Å². The first-order chi connectivity index (χ1) is 8.65. The molecule has 3 rings (SSSR count). The second-order valence-electron chi connectivity index (χ2n) is 5.74. The van der Waals surface area contributed by atoms with Crippen LogP contribution in [0.15, 0.2) is 18.2 Å². The number of nitrogens with zero attached hydrogens (tertiary/aromatic N) is 1. The van der Waals surface area contributed by atoms with Gasteiger partial charge < -0.3 is 10.0 Å². The molecule has 3 unspecified atom stereocenters. The number of hydrogen-bond donors (Lipinski definition) is 1. The fraction of sp³-hybridized carbons (Fsp3) is 0.600. The third kappa shape index (κ3) is 2.12. The molecule has 0 spiro atoms. The highest BCUT2D eigenvalue weighted by Crippen LogP contribution is 2.40. The van der Waals surface area contributed by atoms with Gasteiger partial charge in [-0.1, -0.05) is 24.1 Å². The maximum absolute atomic E-state index is 9.59. The van der Waals surface area contributed by atoms with E-state index in [0.717, 1.165) is 17.4 Å². The average molecular weight is 266 g/mol. The third-order valence-electron chi connectivity index (χ3n) is 4.53. The summed E-state index contributed by atoms with van der Waals surface area (Å²) in [4.78, 5) is 2.45. The smallest absolute Gasteiger partial charge is 0.0776 e. The maximum atomic E-state index is 9.59. The van der Waals surface area contributed by atoms with Gasteiger partial charge in [-0.3, -0.25) is 0 Å². The van der Waals surface area contributed by atoms with Crippen molar-refractivity contribution >= 4 is 17.3 Å². The highest BCUT2D eigenvalue weighted by molar-refractivity contribution is 6.31. The van der Waals surface area contributed by atoms with Crippen LogP contribution in [-0.2, 0) is 0 Å². The first-order valence-corrected chi connectivity index (χ1v) is 7.25. The van der Waals surface area contributed by atoms with Crippen LogP contribution < -0.4 is 4.90 Å². The van der Waals surface area contributed by atoms with Crippen molar-refractivity contribution in [1.82, 2.24) is 0 Å². The topological polar surface area (TPSA) is 23.5 Å². The summed E-state index contributed by atoms with van der Waals surface area (Å²) >= 11 is 6.24. The Morgan fingerprint density at radius 1 is 1.28 bits per heavy atom. The molecule has 3 atom stereocenters. The first-order valence-electron chi connectivity index (χ1n) is 6.87. The van der Waals surface area contributed by atoms with Gasteiger partial charge in [0.15, 0.2) is 0 Å². The minimum absolute atomic E-state index is 0.496. The van der Waals surface area contributed by atoms with E-state index >= 15 is 0 Å². The Kier molecular flexibility index (Phi) is 3.25. The maximum Gasteiger partial charge on any atom is 0.0776 e. The molecule has 0 amide bonds. The third-order valence-corrected chi connectivity index (χ3v) is 4.85. The van der Waals surface area contributed by atoms with Crippen molar-refractivity contribution in [2.75, 3.05) is 18.0 Å². The lowest BCUT2D eigenvalue weighted by atomic mass is 10.0. The zero-order chi connectivity index (χ0) is 12.7. The average Bonchev–Trinajstić information content (AvgIpc) is 2.87. The largest absolute Gasteiger partial charge is 0.389 e. The van der Waals surface area contributed by atoms with Gasteiger partial charge in [0, 0.05) is 23.8 Å². The number of aliphatic hydroxyl groups is 1. The molecule has 1 saturated heterocycles. The molecule has 2 nitrogen and oxygen atoms in total. The van der Waals surface area contributed by atoms with E-state index in [-0.39, 0.29) is 0 Å². The zero-order valence-corrected chi connectivity index (χ0v) is 11.5. The number of fused-ring (bicyclic) bond motifs is 1. The van der Waals surface area contributed by atoms with E-state index in [2.05, 4.69) is 11.0 Å². The molecule has 18 heavy (non-hydrogen) atoms. The lowest BCUT2D eigenvalue weighted by Crippen LogP contribution is -2.20. The van der Waals surface area contributed by atoms with E-state index in [1.54, 1.807) is 6.92 Å². The normalized spacial score (nSPS) is 28.5. The van der Waals surface area contributed by atoms with E-state index in [4.69, 9.17) is 11.6 Å². The molecule has 1 aromatic rings. The first kappa shape index (κ1) is 12.3. The van der Waals surface area contributed by atoms with Gasteiger partial charge >= 0.3 is 0 Å². The highest BCUT2D eigenvalue weighted by atomic mass is 35.5. The van der Waals surface area contributed by atoms with Crippen LogP contribution in [0, 0.1) is 11.8 Å². The van der Waals surface area contributed by atoms with Crippen LogP contribution in [0.2, 0.25) is 5.02 Å². The summed E-state index contributed by atoms with van der Waals surface area (Å²) in [5, 5.41) is 10.3. The highest BCUT2D eigenvalue weighted by Gasteiger charge is 2.36. The van der Waals surface area contributed by atoms with Crippen LogP contribution >= 0.6 is 11.6 Å². The van der Waals surface area contributed by atoms with E-state index in [1.807, 2.05) is 12.1 Å². The van der Waals surface area contributed by atoms with Crippen LogP contribution in [0.4, 0.5) is 5.69 Å². The van der Waals surface area contributed by atoms with Gasteiger partial charge in [-0.2, -0.15) is 0 Å². The number of rotatable bonds is 2. The molecular weight excluding hydrogens is 246 g/mol. The van der Waals surface area contributed by atoms with E-state index in [0.29, 0.717) is 5.02 Å². The molecule has 2 aliphatic rings. The molecule has 1 aliphatic carbocycles. The molecule has 3 heteroatoms. The van der Waals surface area contributed by atoms with E-state index in [9.17, 15) is 5.11 Å². The Hall–Kier alpha value is -0.730. The summed E-state index contributed by atoms with van der Waals surface area (Å²) in [5.41, 5.74) is 2.03. The summed E-state index contributed by atoms with van der Waals surface area (Å²) in [6, 6.07) is 6.05. The van der Waals surface area contributed by atoms with E-state index < -0.39 is 6.10 Å². The zero-order valence-electron chi connectivity index (χ0n) is 10.8. The fourth-order valence-electron chi connectivity index (χ4n) is 3.50. The molecule has 1 N–H and O–H groups in total. The Bertz CT molecular complexity index is 434. The monoisotopic (exact) mass is 265 g/mol. The number of hydrogen-bond acceptors (Lipinski definition) is 2. The van der Waals surface area contributed by atoms with Crippen molar-refractivity contribution in [2.24, 2.45) is 11.8 Å². The summed E-state index contributed by atoms with van der Waals surface area (Å²) in [5.74, 6) is 1.78. The Labute approximate surface area is 114 Å². The SMILES string of the molecule is CC(O)c1ccc(N2CC3CCCC3C2)cc1Cl. The molecule has 98 valence electrons. The molecular formula is C15H20ClNO. The van der Waals surface area contributed by atoms with Crippen molar-refractivity contribution in [3.8, 4) is 0 Å². The lowest BCUT2D eigenvalue weighted by Gasteiger charge is -2.21. The van der Waals surface area contributed by atoms with Crippen LogP contribution in [-0.4, -0.2) is 18.2 Å². The van der Waals surface area contributed by atoms with Gasteiger partial charge in [-0.25, -0.2) is 0 Å². The van der Waals surface area contributed by atoms with Crippen molar-refractivity contribution in [2.45, 2.75) is 32.3 Å². The predicted molar refractivity (Wildman–Crippen MR) is 75.1 cm³/mol. The van der Waals surface area contributed by atoms with Crippen LogP contribution in [0.1, 0.15) is 37.9 Å². The molecule has 1 saturated carbocycles. The van der Waals surface area contributed by atoms with Gasteiger partial charge in [-0.05, 0) is 49.3 Å². The standard InChI is InChI=1S/C15H20ClNO/c1-10(18)14-6-5-13(7-15(14)16)17-8-11-3-2-4-12(11)9-17/h5-7,10-12,18H,2-4,8-9H2,1H3. The molecule has 1 heterocycles. The Morgan fingerprint density at radius 2 is 1.94 bits per heavy atom. The number of anilines is 1. The number of halogens is 1. The number of benzene rings is 1. The molecule has 1 aromatic carbocycles. The van der Waals surface area contributed by atoms with E-state index in [1.165, 1.54) is 38.0 Å². The van der Waals surface area contributed by atoms with Gasteiger partial charge in [-0.15, -0.1) is 0 Å². The van der Waals surface area contributed by atoms with Crippen LogP contribution in [0.5, 0.6) is 0 Å². The second-order valence-corrected chi connectivity index (χ2v) is 6.15. The van der Waals surface area contributed by atoms with Gasteiger partial charge in [0.05, 0.1) is 6.10 Å². The van der Waals surface area contributed by atoms with Crippen molar-refractivity contribution < 1.29 is 5.11 Å². The fourth-order valence-corrected chi connectivity index (χ4v) is 3.83. The number of aliphatic hydroxyl groups excluding tert-OH is 1. The summed E-state index contributed by atoms with van der Waals surface area (Å²) < 4.78 is 0. The minimum Gasteiger partial charge on any atom is -0.389 e. The van der Waals surface area contributed by atoms with Gasteiger partial charge in [0.2, 0.25) is 0 Å². The summed E-state index contributed by atoms with van der Waals surface area (Å²) in [7, 11) is 0. The minimum atomic E-state index is -0.496. The summed E-state index contributed by atoms with van der Waals surface area (Å²) in [6.45, 7) is 4.10.